The average molecular weight is 197 g/mol. The summed E-state index contributed by atoms with van der Waals surface area (Å²) in [6.45, 7) is 5.72. The fraction of sp³-hybridized carbons (Fsp3) is 0.600. The van der Waals surface area contributed by atoms with E-state index in [2.05, 4.69) is 25.2 Å². The van der Waals surface area contributed by atoms with Crippen molar-refractivity contribution in [3.63, 3.8) is 0 Å². The van der Waals surface area contributed by atoms with Gasteiger partial charge in [-0.3, -0.25) is 0 Å². The van der Waals surface area contributed by atoms with Crippen molar-refractivity contribution in [2.75, 3.05) is 13.1 Å². The summed E-state index contributed by atoms with van der Waals surface area (Å²) in [6, 6.07) is 2.19. The van der Waals surface area contributed by atoms with E-state index in [0.29, 0.717) is 0 Å². The minimum absolute atomic E-state index is 0.474. The van der Waals surface area contributed by atoms with E-state index in [1.165, 1.54) is 15.3 Å². The number of β-amino-alcohol motifs (C(OH)–C–C–N with tert-alkyl or cyclic N) is 1. The van der Waals surface area contributed by atoms with Crippen LogP contribution < -0.4 is 5.32 Å². The van der Waals surface area contributed by atoms with Crippen molar-refractivity contribution in [2.45, 2.75) is 25.9 Å². The molecule has 1 saturated heterocycles. The van der Waals surface area contributed by atoms with Crippen LogP contribution in [-0.2, 0) is 6.42 Å². The maximum absolute atomic E-state index is 9.94. The van der Waals surface area contributed by atoms with E-state index in [0.717, 1.165) is 19.5 Å². The van der Waals surface area contributed by atoms with Crippen LogP contribution in [0.3, 0.4) is 0 Å². The Morgan fingerprint density at radius 1 is 1.54 bits per heavy atom. The predicted molar refractivity (Wildman–Crippen MR) is 55.3 cm³/mol. The van der Waals surface area contributed by atoms with Crippen molar-refractivity contribution in [1.29, 1.82) is 0 Å². The maximum atomic E-state index is 9.94. The summed E-state index contributed by atoms with van der Waals surface area (Å²) in [7, 11) is 0. The van der Waals surface area contributed by atoms with E-state index in [1.54, 1.807) is 0 Å². The fourth-order valence-electron chi connectivity index (χ4n) is 1.75. The Kier molecular flexibility index (Phi) is 2.18. The van der Waals surface area contributed by atoms with Gasteiger partial charge in [0.2, 0.25) is 0 Å². The van der Waals surface area contributed by atoms with E-state index in [9.17, 15) is 5.11 Å². The zero-order chi connectivity index (χ0) is 9.47. The van der Waals surface area contributed by atoms with E-state index in [4.69, 9.17) is 0 Å². The molecule has 3 heteroatoms. The lowest BCUT2D eigenvalue weighted by Crippen LogP contribution is -2.60. The molecule has 1 aliphatic rings. The standard InChI is InChI=1S/C10H15NOS/c1-7-3-9(8(2)13-7)4-10(12)5-11-6-10/h3,11-12H,4-6H2,1-2H3. The highest BCUT2D eigenvalue weighted by Crippen LogP contribution is 2.26. The number of aliphatic hydroxyl groups is 1. The number of hydrogen-bond donors (Lipinski definition) is 2. The Balaban J connectivity index is 2.12. The highest BCUT2D eigenvalue weighted by molar-refractivity contribution is 7.12. The van der Waals surface area contributed by atoms with Crippen molar-refractivity contribution in [3.8, 4) is 0 Å². The van der Waals surface area contributed by atoms with Gasteiger partial charge >= 0.3 is 0 Å². The summed E-state index contributed by atoms with van der Waals surface area (Å²) in [5.74, 6) is 0. The minimum Gasteiger partial charge on any atom is -0.387 e. The monoisotopic (exact) mass is 197 g/mol. The molecule has 1 aliphatic heterocycles. The van der Waals surface area contributed by atoms with E-state index in [1.807, 2.05) is 11.3 Å². The van der Waals surface area contributed by atoms with Crippen LogP contribution in [0.15, 0.2) is 6.07 Å². The van der Waals surface area contributed by atoms with Crippen LogP contribution in [0.5, 0.6) is 0 Å². The highest BCUT2D eigenvalue weighted by Gasteiger charge is 2.34. The molecule has 0 saturated carbocycles. The Morgan fingerprint density at radius 2 is 2.23 bits per heavy atom. The molecule has 0 amide bonds. The molecular formula is C10H15NOS. The van der Waals surface area contributed by atoms with Crippen LogP contribution in [0.4, 0.5) is 0 Å². The van der Waals surface area contributed by atoms with Gasteiger partial charge in [-0.05, 0) is 25.5 Å². The summed E-state index contributed by atoms with van der Waals surface area (Å²) in [5.41, 5.74) is 0.838. The van der Waals surface area contributed by atoms with Crippen molar-refractivity contribution in [2.24, 2.45) is 0 Å². The highest BCUT2D eigenvalue weighted by atomic mass is 32.1. The normalized spacial score (nSPS) is 19.9. The molecule has 2 nitrogen and oxygen atoms in total. The zero-order valence-corrected chi connectivity index (χ0v) is 8.87. The molecule has 0 unspecified atom stereocenters. The lowest BCUT2D eigenvalue weighted by Gasteiger charge is -2.37. The van der Waals surface area contributed by atoms with Gasteiger partial charge in [0.05, 0.1) is 5.60 Å². The first-order valence-electron chi connectivity index (χ1n) is 4.58. The molecule has 2 N–H and O–H groups in total. The Bertz CT molecular complexity index is 315. The van der Waals surface area contributed by atoms with Crippen molar-refractivity contribution >= 4 is 11.3 Å². The second-order valence-electron chi connectivity index (χ2n) is 3.94. The zero-order valence-electron chi connectivity index (χ0n) is 8.05. The van der Waals surface area contributed by atoms with Crippen LogP contribution in [0.2, 0.25) is 0 Å². The fourth-order valence-corrected chi connectivity index (χ4v) is 2.70. The smallest absolute Gasteiger partial charge is 0.0935 e. The van der Waals surface area contributed by atoms with Gasteiger partial charge in [0.15, 0.2) is 0 Å². The molecule has 0 bridgehead atoms. The summed E-state index contributed by atoms with van der Waals surface area (Å²) < 4.78 is 0. The number of hydrogen-bond acceptors (Lipinski definition) is 3. The molecule has 0 aliphatic carbocycles. The topological polar surface area (TPSA) is 32.3 Å². The second-order valence-corrected chi connectivity index (χ2v) is 5.40. The van der Waals surface area contributed by atoms with E-state index < -0.39 is 5.60 Å². The van der Waals surface area contributed by atoms with Crippen LogP contribution >= 0.6 is 11.3 Å². The van der Waals surface area contributed by atoms with Gasteiger partial charge < -0.3 is 10.4 Å². The Hall–Kier alpha value is -0.380. The largest absolute Gasteiger partial charge is 0.387 e. The van der Waals surface area contributed by atoms with Crippen molar-refractivity contribution in [3.05, 3.63) is 21.4 Å². The molecule has 1 aromatic heterocycles. The lowest BCUT2D eigenvalue weighted by molar-refractivity contribution is -0.00905. The predicted octanol–water partition coefficient (Wildman–Crippen LogP) is 1.24. The van der Waals surface area contributed by atoms with Crippen LogP contribution in [0, 0.1) is 13.8 Å². The molecule has 0 radical (unpaired) electrons. The summed E-state index contributed by atoms with van der Waals surface area (Å²) in [5, 5.41) is 13.0. The number of thiophene rings is 1. The van der Waals surface area contributed by atoms with Gasteiger partial charge in [-0.2, -0.15) is 0 Å². The Labute approximate surface area is 82.6 Å². The number of rotatable bonds is 2. The minimum atomic E-state index is -0.474. The first kappa shape index (κ1) is 9.19. The van der Waals surface area contributed by atoms with Crippen molar-refractivity contribution < 1.29 is 5.11 Å². The third-order valence-corrected chi connectivity index (χ3v) is 3.58. The first-order valence-corrected chi connectivity index (χ1v) is 5.40. The van der Waals surface area contributed by atoms with Crippen LogP contribution in [0.1, 0.15) is 15.3 Å². The molecule has 13 heavy (non-hydrogen) atoms. The summed E-state index contributed by atoms with van der Waals surface area (Å²) >= 11 is 1.81. The molecule has 2 heterocycles. The Morgan fingerprint density at radius 3 is 2.62 bits per heavy atom. The summed E-state index contributed by atoms with van der Waals surface area (Å²) in [6.07, 6.45) is 0.802. The molecule has 0 spiro atoms. The SMILES string of the molecule is Cc1cc(CC2(O)CNC2)c(C)s1. The summed E-state index contributed by atoms with van der Waals surface area (Å²) in [4.78, 5) is 2.68. The second kappa shape index (κ2) is 3.08. The van der Waals surface area contributed by atoms with Gasteiger partial charge in [-0.15, -0.1) is 11.3 Å². The average Bonchev–Trinajstić information content (AvgIpc) is 2.27. The number of aryl methyl sites for hydroxylation is 2. The van der Waals surface area contributed by atoms with Crippen LogP contribution in [0.25, 0.3) is 0 Å². The molecule has 72 valence electrons. The van der Waals surface area contributed by atoms with E-state index >= 15 is 0 Å². The van der Waals surface area contributed by atoms with Gasteiger partial charge in [-0.25, -0.2) is 0 Å². The quantitative estimate of drug-likeness (QED) is 0.747. The van der Waals surface area contributed by atoms with Crippen molar-refractivity contribution in [1.82, 2.24) is 5.32 Å². The molecule has 0 atom stereocenters. The molecule has 0 aromatic carbocycles. The van der Waals surface area contributed by atoms with Gasteiger partial charge in [-0.1, -0.05) is 0 Å². The first-order chi connectivity index (χ1) is 6.09. The third-order valence-electron chi connectivity index (χ3n) is 2.57. The molecule has 1 fully saturated rings. The maximum Gasteiger partial charge on any atom is 0.0935 e. The van der Waals surface area contributed by atoms with Gasteiger partial charge in [0.1, 0.15) is 0 Å². The van der Waals surface area contributed by atoms with Gasteiger partial charge in [0.25, 0.3) is 0 Å². The van der Waals surface area contributed by atoms with Gasteiger partial charge in [0, 0.05) is 29.3 Å². The van der Waals surface area contributed by atoms with Crippen LogP contribution in [-0.4, -0.2) is 23.8 Å². The lowest BCUT2D eigenvalue weighted by atomic mass is 9.89. The van der Waals surface area contributed by atoms with E-state index in [-0.39, 0.29) is 0 Å². The molecular weight excluding hydrogens is 182 g/mol. The molecule has 2 rings (SSSR count). The number of nitrogens with one attached hydrogen (secondary N) is 1. The molecule has 1 aromatic rings. The third kappa shape index (κ3) is 1.77.